The predicted octanol–water partition coefficient (Wildman–Crippen LogP) is 6.67. The van der Waals surface area contributed by atoms with Gasteiger partial charge in [0.15, 0.2) is 10.7 Å². The van der Waals surface area contributed by atoms with Crippen LogP contribution in [0.25, 0.3) is 0 Å². The monoisotopic (exact) mass is 559 g/mol. The molecule has 0 radical (unpaired) electrons. The van der Waals surface area contributed by atoms with Crippen LogP contribution in [0.1, 0.15) is 25.0 Å². The van der Waals surface area contributed by atoms with E-state index in [0.717, 1.165) is 9.87 Å². The number of nitro benzene ring substituents is 1. The number of benzene rings is 4. The van der Waals surface area contributed by atoms with Crippen molar-refractivity contribution in [1.82, 2.24) is 0 Å². The van der Waals surface area contributed by atoms with Crippen LogP contribution >= 0.6 is 0 Å². The van der Waals surface area contributed by atoms with E-state index >= 15 is 0 Å². The number of amidine groups is 1. The number of hydrogen-bond donors (Lipinski definition) is 0. The van der Waals surface area contributed by atoms with Crippen LogP contribution in [-0.2, 0) is 10.0 Å². The lowest BCUT2D eigenvalue weighted by Gasteiger charge is -2.26. The predicted molar refractivity (Wildman–Crippen MR) is 155 cm³/mol. The molecule has 40 heavy (non-hydrogen) atoms. The normalized spacial score (nSPS) is 11.6. The van der Waals surface area contributed by atoms with Gasteiger partial charge in [0.25, 0.3) is 15.7 Å². The summed E-state index contributed by atoms with van der Waals surface area (Å²) in [5.41, 5.74) is 1.62. The first-order chi connectivity index (χ1) is 19.2. The fraction of sp³-hybridized carbons (Fsp3) is 0.167. The maximum atomic E-state index is 14.4. The van der Waals surface area contributed by atoms with Gasteiger partial charge >= 0.3 is 0 Å². The van der Waals surface area contributed by atoms with Crippen molar-refractivity contribution in [3.05, 3.63) is 118 Å². The van der Waals surface area contributed by atoms with Crippen molar-refractivity contribution in [1.29, 1.82) is 0 Å². The number of nitrogens with zero attached hydrogens (tertiary/aromatic N) is 3. The number of anilines is 1. The molecule has 0 N–H and O–H groups in total. The molecule has 206 valence electrons. The molecule has 0 aromatic heterocycles. The molecular weight excluding hydrogens is 530 g/mol. The molecule has 4 aromatic carbocycles. The van der Waals surface area contributed by atoms with E-state index in [1.807, 2.05) is 32.9 Å². The molecule has 4 rings (SSSR count). The standard InChI is InChI=1S/C30H29N3O6S/c1-4-38-26-18-14-24(15-19-26)31-30(23-12-10-22(3)11-13-23)32(25-16-20-27(21-17-25)39-5-2)40(36,37)29-9-7-6-8-28(29)33(34)35/h6-21H,4-5H2,1-3H3. The Morgan fingerprint density at radius 3 is 1.93 bits per heavy atom. The second kappa shape index (κ2) is 12.4. The summed E-state index contributed by atoms with van der Waals surface area (Å²) < 4.78 is 40.8. The molecule has 0 bridgehead atoms. The zero-order valence-electron chi connectivity index (χ0n) is 22.4. The van der Waals surface area contributed by atoms with E-state index in [1.165, 1.54) is 24.3 Å². The maximum Gasteiger partial charge on any atom is 0.289 e. The number of hydrogen-bond acceptors (Lipinski definition) is 7. The SMILES string of the molecule is CCOc1ccc(N=C(c2ccc(C)cc2)N(c2ccc(OCC)cc2)S(=O)(=O)c2ccccc2[N+](=O)[O-])cc1. The van der Waals surface area contributed by atoms with Gasteiger partial charge in [0.05, 0.1) is 29.5 Å². The first kappa shape index (κ1) is 28.3. The second-order valence-electron chi connectivity index (χ2n) is 8.65. The van der Waals surface area contributed by atoms with Crippen molar-refractivity contribution in [2.75, 3.05) is 17.5 Å². The maximum absolute atomic E-state index is 14.4. The molecule has 0 unspecified atom stereocenters. The number of aryl methyl sites for hydroxylation is 1. The topological polar surface area (TPSA) is 111 Å². The fourth-order valence-electron chi connectivity index (χ4n) is 3.98. The first-order valence-corrected chi connectivity index (χ1v) is 14.1. The van der Waals surface area contributed by atoms with Gasteiger partial charge in [-0.3, -0.25) is 10.1 Å². The molecule has 9 nitrogen and oxygen atoms in total. The minimum absolute atomic E-state index is 0.0615. The molecule has 0 spiro atoms. The molecule has 0 aliphatic rings. The van der Waals surface area contributed by atoms with Crippen molar-refractivity contribution in [3.63, 3.8) is 0 Å². The fourth-order valence-corrected chi connectivity index (χ4v) is 5.61. The van der Waals surface area contributed by atoms with E-state index in [-0.39, 0.29) is 11.5 Å². The van der Waals surface area contributed by atoms with Gasteiger partial charge in [0.1, 0.15) is 11.5 Å². The number of nitro groups is 1. The molecule has 0 aliphatic heterocycles. The summed E-state index contributed by atoms with van der Waals surface area (Å²) in [5, 5.41) is 11.9. The average molecular weight is 560 g/mol. The Labute approximate surface area is 233 Å². The Balaban J connectivity index is 1.99. The van der Waals surface area contributed by atoms with Crippen molar-refractivity contribution in [2.45, 2.75) is 25.7 Å². The molecule has 0 aliphatic carbocycles. The van der Waals surface area contributed by atoms with Gasteiger partial charge in [-0.25, -0.2) is 17.7 Å². The number of sulfonamides is 1. The van der Waals surface area contributed by atoms with E-state index in [9.17, 15) is 18.5 Å². The zero-order chi connectivity index (χ0) is 28.7. The first-order valence-electron chi connectivity index (χ1n) is 12.6. The van der Waals surface area contributed by atoms with Crippen LogP contribution in [0.5, 0.6) is 11.5 Å². The van der Waals surface area contributed by atoms with Crippen LogP contribution < -0.4 is 13.8 Å². The molecule has 10 heteroatoms. The van der Waals surface area contributed by atoms with Crippen molar-refractivity contribution in [3.8, 4) is 11.5 Å². The van der Waals surface area contributed by atoms with Crippen molar-refractivity contribution >= 4 is 32.9 Å². The zero-order valence-corrected chi connectivity index (χ0v) is 23.2. The van der Waals surface area contributed by atoms with E-state index < -0.39 is 25.5 Å². The van der Waals surface area contributed by atoms with Gasteiger partial charge in [0, 0.05) is 11.6 Å². The van der Waals surface area contributed by atoms with Gasteiger partial charge < -0.3 is 9.47 Å². The van der Waals surface area contributed by atoms with Gasteiger partial charge in [-0.15, -0.1) is 0 Å². The average Bonchev–Trinajstić information content (AvgIpc) is 2.95. The quantitative estimate of drug-likeness (QED) is 0.0928. The molecule has 0 heterocycles. The summed E-state index contributed by atoms with van der Waals surface area (Å²) in [4.78, 5) is 15.5. The number of aliphatic imine (C=N–C) groups is 1. The highest BCUT2D eigenvalue weighted by molar-refractivity contribution is 7.93. The van der Waals surface area contributed by atoms with E-state index in [4.69, 9.17) is 14.5 Å². The summed E-state index contributed by atoms with van der Waals surface area (Å²) in [6, 6.07) is 25.8. The largest absolute Gasteiger partial charge is 0.494 e. The Kier molecular flexibility index (Phi) is 8.80. The lowest BCUT2D eigenvalue weighted by molar-refractivity contribution is -0.387. The summed E-state index contributed by atoms with van der Waals surface area (Å²) >= 11 is 0. The van der Waals surface area contributed by atoms with Crippen LogP contribution in [-0.4, -0.2) is 32.4 Å². The Morgan fingerprint density at radius 2 is 1.38 bits per heavy atom. The van der Waals surface area contributed by atoms with Crippen LogP contribution in [0.3, 0.4) is 0 Å². The number of rotatable bonds is 10. The molecule has 0 fully saturated rings. The lowest BCUT2D eigenvalue weighted by atomic mass is 10.1. The van der Waals surface area contributed by atoms with Crippen molar-refractivity contribution < 1.29 is 22.8 Å². The smallest absolute Gasteiger partial charge is 0.289 e. The molecule has 0 atom stereocenters. The van der Waals surface area contributed by atoms with E-state index in [0.29, 0.717) is 36.0 Å². The third-order valence-corrected chi connectivity index (χ3v) is 7.61. The minimum atomic E-state index is -4.55. The van der Waals surface area contributed by atoms with Gasteiger partial charge in [-0.2, -0.15) is 0 Å². The molecule has 0 saturated heterocycles. The highest BCUT2D eigenvalue weighted by atomic mass is 32.2. The second-order valence-corrected chi connectivity index (χ2v) is 10.4. The van der Waals surface area contributed by atoms with E-state index in [2.05, 4.69) is 0 Å². The van der Waals surface area contributed by atoms with Gasteiger partial charge in [-0.05, 0) is 75.4 Å². The number of ether oxygens (including phenoxy) is 2. The Hall–Kier alpha value is -4.70. The summed E-state index contributed by atoms with van der Waals surface area (Å²) in [6.45, 7) is 6.58. The third kappa shape index (κ3) is 6.29. The highest BCUT2D eigenvalue weighted by Gasteiger charge is 2.35. The van der Waals surface area contributed by atoms with Gasteiger partial charge in [-0.1, -0.05) is 42.0 Å². The summed E-state index contributed by atoms with van der Waals surface area (Å²) in [7, 11) is -4.55. The highest BCUT2D eigenvalue weighted by Crippen LogP contribution is 2.33. The van der Waals surface area contributed by atoms with Gasteiger partial charge in [0.2, 0.25) is 0 Å². The minimum Gasteiger partial charge on any atom is -0.494 e. The molecular formula is C30H29N3O6S. The third-order valence-electron chi connectivity index (χ3n) is 5.85. The Bertz CT molecular complexity index is 1600. The summed E-state index contributed by atoms with van der Waals surface area (Å²) in [6.07, 6.45) is 0. The summed E-state index contributed by atoms with van der Waals surface area (Å²) in [5.74, 6) is 1.26. The van der Waals surface area contributed by atoms with Crippen LogP contribution in [0, 0.1) is 17.0 Å². The van der Waals surface area contributed by atoms with E-state index in [1.54, 1.807) is 60.7 Å². The number of para-hydroxylation sites is 1. The molecule has 4 aromatic rings. The molecule has 0 amide bonds. The van der Waals surface area contributed by atoms with Crippen LogP contribution in [0.2, 0.25) is 0 Å². The Morgan fingerprint density at radius 1 is 0.825 bits per heavy atom. The molecule has 0 saturated carbocycles. The van der Waals surface area contributed by atoms with Crippen molar-refractivity contribution in [2.24, 2.45) is 4.99 Å². The lowest BCUT2D eigenvalue weighted by Crippen LogP contribution is -2.38. The van der Waals surface area contributed by atoms with Crippen LogP contribution in [0.15, 0.2) is 107 Å². The van der Waals surface area contributed by atoms with Crippen LogP contribution in [0.4, 0.5) is 17.1 Å².